The highest BCUT2D eigenvalue weighted by molar-refractivity contribution is 6.04. The molecule has 3 aliphatic rings. The highest BCUT2D eigenvalue weighted by Crippen LogP contribution is 2.60. The molecule has 2 aliphatic carbocycles. The second-order valence-electron chi connectivity index (χ2n) is 15.8. The molecule has 1 heteroatoms. The summed E-state index contributed by atoms with van der Waals surface area (Å²) in [7, 11) is 0. The minimum atomic E-state index is -0.902. The first-order valence-electron chi connectivity index (χ1n) is 18.3. The Morgan fingerprint density at radius 3 is 1.75 bits per heavy atom. The Kier molecular flexibility index (Phi) is 6.27. The zero-order chi connectivity index (χ0) is 35.6. The number of hydrogen-bond acceptors (Lipinski definition) is 1. The number of rotatable bonds is 3. The predicted octanol–water partition coefficient (Wildman–Crippen LogP) is 11.2. The zero-order valence-electron chi connectivity index (χ0n) is 30.2. The monoisotopic (exact) mass is 668 g/mol. The van der Waals surface area contributed by atoms with E-state index in [0.717, 1.165) is 38.4 Å². The average Bonchev–Trinajstić information content (AvgIpc) is 3.53. The quantitative estimate of drug-likeness (QED) is 0.182. The molecule has 0 N–H and O–H groups in total. The van der Waals surface area contributed by atoms with Gasteiger partial charge in [-0.15, -0.1) is 0 Å². The number of allylic oxidation sites excluding steroid dienone is 1. The van der Waals surface area contributed by atoms with Gasteiger partial charge >= 0.3 is 0 Å². The van der Waals surface area contributed by atoms with Crippen molar-refractivity contribution in [1.29, 1.82) is 0 Å². The van der Waals surface area contributed by atoms with Gasteiger partial charge < -0.3 is 4.74 Å². The molecule has 1 nitrogen and oxygen atoms in total. The van der Waals surface area contributed by atoms with Gasteiger partial charge in [0.25, 0.3) is 0 Å². The third-order valence-electron chi connectivity index (χ3n) is 12.4. The standard InChI is InChI=1S/C51H40O/c1-7-16-35-31(2)23-25-41-47(35)39-29-45-37(27-43(39)49(41,3)4)38-28-44-40(48-36-22-15-14-17-32(36)24-26-42(48)50(44,5)6)30-46(38)52-51(45,33-18-10-8-11-19-33)34-20-12-9-13-21-34/h7-30H,1-2H2,3-6H3/b35-16+. The van der Waals surface area contributed by atoms with Crippen LogP contribution in [-0.2, 0) is 16.4 Å². The van der Waals surface area contributed by atoms with Crippen molar-refractivity contribution in [2.75, 3.05) is 0 Å². The zero-order valence-corrected chi connectivity index (χ0v) is 30.2. The fourth-order valence-corrected chi connectivity index (χ4v) is 9.75. The molecule has 10 rings (SSSR count). The molecule has 7 aromatic rings. The maximum Gasteiger partial charge on any atom is 0.185 e. The van der Waals surface area contributed by atoms with E-state index in [4.69, 9.17) is 4.74 Å². The molecule has 0 fully saturated rings. The molecule has 0 unspecified atom stereocenters. The SMILES string of the molecule is C=C/C=c1/c2c(ccc1=C)C(C)(C)c1cc3c(cc1-2)C(c1ccccc1)(c1ccccc1)Oc1cc2c(cc1-3)C(C)(C)c1ccc3ccccc3c1-2. The van der Waals surface area contributed by atoms with Crippen molar-refractivity contribution >= 4 is 23.4 Å². The summed E-state index contributed by atoms with van der Waals surface area (Å²) in [6.07, 6.45) is 4.00. The lowest BCUT2D eigenvalue weighted by Gasteiger charge is -2.42. The second kappa shape index (κ2) is 10.6. The van der Waals surface area contributed by atoms with Crippen molar-refractivity contribution in [3.05, 3.63) is 195 Å². The molecule has 1 heterocycles. The Balaban J connectivity index is 1.36. The van der Waals surface area contributed by atoms with E-state index in [-0.39, 0.29) is 10.8 Å². The van der Waals surface area contributed by atoms with Crippen LogP contribution < -0.4 is 15.2 Å². The van der Waals surface area contributed by atoms with E-state index < -0.39 is 5.60 Å². The molecule has 0 saturated heterocycles. The summed E-state index contributed by atoms with van der Waals surface area (Å²) in [6, 6.07) is 49.1. The molecule has 0 amide bonds. The minimum Gasteiger partial charge on any atom is -0.472 e. The summed E-state index contributed by atoms with van der Waals surface area (Å²) >= 11 is 0. The van der Waals surface area contributed by atoms with Crippen LogP contribution >= 0.6 is 0 Å². The van der Waals surface area contributed by atoms with Crippen LogP contribution in [0.1, 0.15) is 66.6 Å². The van der Waals surface area contributed by atoms with Crippen LogP contribution in [0.5, 0.6) is 5.75 Å². The number of fused-ring (bicyclic) bond motifs is 11. The van der Waals surface area contributed by atoms with Gasteiger partial charge in [-0.3, -0.25) is 0 Å². The van der Waals surface area contributed by atoms with Gasteiger partial charge in [0, 0.05) is 33.1 Å². The number of hydrogen-bond donors (Lipinski definition) is 0. The summed E-state index contributed by atoms with van der Waals surface area (Å²) in [5.74, 6) is 0.907. The van der Waals surface area contributed by atoms with Gasteiger partial charge in [0.15, 0.2) is 5.60 Å². The van der Waals surface area contributed by atoms with Crippen molar-refractivity contribution in [3.63, 3.8) is 0 Å². The van der Waals surface area contributed by atoms with Crippen molar-refractivity contribution in [3.8, 4) is 39.1 Å². The number of ether oxygens (including phenoxy) is 1. The normalized spacial score (nSPS) is 16.6. The number of benzene rings is 7. The molecule has 0 radical (unpaired) electrons. The van der Waals surface area contributed by atoms with Gasteiger partial charge in [-0.2, -0.15) is 0 Å². The summed E-state index contributed by atoms with van der Waals surface area (Å²) in [6.45, 7) is 18.0. The molecule has 250 valence electrons. The van der Waals surface area contributed by atoms with Crippen LogP contribution in [0.4, 0.5) is 0 Å². The Hall–Kier alpha value is -5.92. The van der Waals surface area contributed by atoms with Gasteiger partial charge in [-0.25, -0.2) is 0 Å². The van der Waals surface area contributed by atoms with Gasteiger partial charge in [-0.05, 0) is 95.5 Å². The van der Waals surface area contributed by atoms with Crippen molar-refractivity contribution in [2.24, 2.45) is 0 Å². The fourth-order valence-electron chi connectivity index (χ4n) is 9.75. The van der Waals surface area contributed by atoms with E-state index >= 15 is 0 Å². The van der Waals surface area contributed by atoms with E-state index in [1.165, 1.54) is 60.8 Å². The summed E-state index contributed by atoms with van der Waals surface area (Å²) in [5.41, 5.74) is 14.8. The lowest BCUT2D eigenvalue weighted by molar-refractivity contribution is 0.152. The van der Waals surface area contributed by atoms with Crippen molar-refractivity contribution in [1.82, 2.24) is 0 Å². The topological polar surface area (TPSA) is 9.23 Å². The van der Waals surface area contributed by atoms with Gasteiger partial charge in [0.1, 0.15) is 5.75 Å². The molecular weight excluding hydrogens is 629 g/mol. The highest BCUT2D eigenvalue weighted by atomic mass is 16.5. The first-order valence-corrected chi connectivity index (χ1v) is 18.3. The third kappa shape index (κ3) is 3.89. The Labute approximate surface area is 305 Å². The van der Waals surface area contributed by atoms with E-state index in [2.05, 4.69) is 180 Å². The van der Waals surface area contributed by atoms with Crippen LogP contribution in [-0.4, -0.2) is 0 Å². The van der Waals surface area contributed by atoms with Crippen LogP contribution in [0, 0.1) is 0 Å². The first-order chi connectivity index (χ1) is 25.2. The third-order valence-corrected chi connectivity index (χ3v) is 12.4. The maximum atomic E-state index is 7.70. The molecule has 0 atom stereocenters. The molecule has 0 spiro atoms. The van der Waals surface area contributed by atoms with Crippen LogP contribution in [0.3, 0.4) is 0 Å². The first kappa shape index (κ1) is 30.9. The average molecular weight is 669 g/mol. The molecule has 0 saturated carbocycles. The van der Waals surface area contributed by atoms with Crippen LogP contribution in [0.15, 0.2) is 146 Å². The molecule has 0 bridgehead atoms. The Morgan fingerprint density at radius 2 is 1.08 bits per heavy atom. The molecular formula is C51H40O. The highest BCUT2D eigenvalue weighted by Gasteiger charge is 2.48. The van der Waals surface area contributed by atoms with Gasteiger partial charge in [0.05, 0.1) is 0 Å². The lowest BCUT2D eigenvalue weighted by atomic mass is 9.72. The van der Waals surface area contributed by atoms with Gasteiger partial charge in [-0.1, -0.05) is 162 Å². The largest absolute Gasteiger partial charge is 0.472 e. The fraction of sp³-hybridized carbons (Fsp3) is 0.137. The maximum absolute atomic E-state index is 7.70. The summed E-state index contributed by atoms with van der Waals surface area (Å²) < 4.78 is 7.70. The smallest absolute Gasteiger partial charge is 0.185 e. The Bertz CT molecular complexity index is 2740. The van der Waals surface area contributed by atoms with E-state index in [1.807, 2.05) is 6.08 Å². The predicted molar refractivity (Wildman–Crippen MR) is 217 cm³/mol. The lowest BCUT2D eigenvalue weighted by Crippen LogP contribution is -2.39. The van der Waals surface area contributed by atoms with E-state index in [1.54, 1.807) is 0 Å². The van der Waals surface area contributed by atoms with E-state index in [0.29, 0.717) is 0 Å². The van der Waals surface area contributed by atoms with Crippen molar-refractivity contribution in [2.45, 2.75) is 44.1 Å². The van der Waals surface area contributed by atoms with Gasteiger partial charge in [0.2, 0.25) is 0 Å². The van der Waals surface area contributed by atoms with Crippen LogP contribution in [0.2, 0.25) is 0 Å². The Morgan fingerprint density at radius 1 is 0.519 bits per heavy atom. The second-order valence-corrected chi connectivity index (χ2v) is 15.8. The van der Waals surface area contributed by atoms with Crippen molar-refractivity contribution < 1.29 is 4.74 Å². The molecule has 52 heavy (non-hydrogen) atoms. The molecule has 1 aliphatic heterocycles. The van der Waals surface area contributed by atoms with Crippen LogP contribution in [0.25, 0.3) is 56.8 Å². The summed E-state index contributed by atoms with van der Waals surface area (Å²) in [4.78, 5) is 0. The molecule has 0 aromatic heterocycles. The van der Waals surface area contributed by atoms with E-state index in [9.17, 15) is 0 Å². The minimum absolute atomic E-state index is 0.177. The molecule has 7 aromatic carbocycles. The summed E-state index contributed by atoms with van der Waals surface area (Å²) in [5, 5.41) is 4.68.